The Morgan fingerprint density at radius 2 is 0.779 bits per heavy atom. The number of rotatable bonds is 11. The van der Waals surface area contributed by atoms with Gasteiger partial charge in [0.1, 0.15) is 39.8 Å². The van der Waals surface area contributed by atoms with Crippen LogP contribution in [0.25, 0.3) is 113 Å². The van der Waals surface area contributed by atoms with Crippen molar-refractivity contribution in [2.45, 2.75) is 6.92 Å². The highest BCUT2D eigenvalue weighted by Gasteiger charge is 2.36. The second kappa shape index (κ2) is 20.5. The predicted octanol–water partition coefficient (Wildman–Crippen LogP) is 17.5. The summed E-state index contributed by atoms with van der Waals surface area (Å²) in [6.45, 7) is 7.27. The topological polar surface area (TPSA) is 111 Å². The smallest absolute Gasteiger partial charge is 0.164 e. The van der Waals surface area contributed by atoms with Gasteiger partial charge in [0.25, 0.3) is 0 Å². The van der Waals surface area contributed by atoms with E-state index >= 15 is 0 Å². The van der Waals surface area contributed by atoms with Crippen LogP contribution >= 0.6 is 0 Å². The molecule has 1 aliphatic rings. The van der Waals surface area contributed by atoms with Crippen LogP contribution in [0.5, 0.6) is 0 Å². The molecule has 0 saturated heterocycles. The molecule has 16 rings (SSSR count). The SMILES string of the molecule is C=C(c1cc(-c2nc3cccnc3n2-c2ccccc2)cc2c1-c1ccccc1-c1c(-c3nc4cccnc4n3-c3ccccc3)cc(-c3nc4cccnc4n3-c3ccccc3)cc1N2c1ccccc1)N(c1ccccc1)c1ncccc1C. The summed E-state index contributed by atoms with van der Waals surface area (Å²) in [4.78, 5) is 41.4. The Morgan fingerprint density at radius 3 is 1.29 bits per heavy atom. The molecule has 15 aromatic rings. The predicted molar refractivity (Wildman–Crippen MR) is 346 cm³/mol. The number of anilines is 5. The lowest BCUT2D eigenvalue weighted by molar-refractivity contribution is 1.07. The van der Waals surface area contributed by atoms with Gasteiger partial charge in [0.2, 0.25) is 0 Å². The normalized spacial score (nSPS) is 11.8. The van der Waals surface area contributed by atoms with E-state index in [0.717, 1.165) is 129 Å². The van der Waals surface area contributed by atoms with Gasteiger partial charge in [0.05, 0.1) is 11.4 Å². The van der Waals surface area contributed by atoms with E-state index in [-0.39, 0.29) is 0 Å². The van der Waals surface area contributed by atoms with Gasteiger partial charge in [0, 0.05) is 92.3 Å². The molecule has 0 bridgehead atoms. The van der Waals surface area contributed by atoms with Gasteiger partial charge in [-0.25, -0.2) is 34.9 Å². The molecule has 12 nitrogen and oxygen atoms in total. The molecule has 8 heterocycles. The highest BCUT2D eigenvalue weighted by molar-refractivity contribution is 6.12. The van der Waals surface area contributed by atoms with Gasteiger partial charge in [-0.2, -0.15) is 0 Å². The van der Waals surface area contributed by atoms with E-state index in [1.54, 1.807) is 0 Å². The molecule has 0 aliphatic carbocycles. The number of nitrogens with zero attached hydrogens (tertiary/aromatic N) is 12. The summed E-state index contributed by atoms with van der Waals surface area (Å²) in [5, 5.41) is 0. The summed E-state index contributed by atoms with van der Waals surface area (Å²) in [6, 6.07) is 85.9. The zero-order valence-corrected chi connectivity index (χ0v) is 46.6. The van der Waals surface area contributed by atoms with Gasteiger partial charge in [-0.15, -0.1) is 0 Å². The molecular formula is C74H50N12. The van der Waals surface area contributed by atoms with Crippen molar-refractivity contribution in [2.24, 2.45) is 0 Å². The Bertz CT molecular complexity index is 5090. The Morgan fingerprint density at radius 1 is 0.372 bits per heavy atom. The van der Waals surface area contributed by atoms with E-state index in [9.17, 15) is 0 Å². The average Bonchev–Trinajstić information content (AvgIpc) is 1.62. The van der Waals surface area contributed by atoms with E-state index < -0.39 is 0 Å². The molecule has 0 amide bonds. The van der Waals surface area contributed by atoms with E-state index in [1.165, 1.54) is 0 Å². The van der Waals surface area contributed by atoms with Crippen LogP contribution < -0.4 is 9.80 Å². The fraction of sp³-hybridized carbons (Fsp3) is 0.0135. The largest absolute Gasteiger partial charge is 0.309 e. The number of hydrogen-bond acceptors (Lipinski definition) is 9. The second-order valence-corrected chi connectivity index (χ2v) is 21.2. The monoisotopic (exact) mass is 1110 g/mol. The number of benzene rings is 8. The van der Waals surface area contributed by atoms with Crippen LogP contribution in [-0.2, 0) is 0 Å². The van der Waals surface area contributed by atoms with Crippen LogP contribution in [0.2, 0.25) is 0 Å². The maximum Gasteiger partial charge on any atom is 0.164 e. The van der Waals surface area contributed by atoms with Crippen molar-refractivity contribution in [3.8, 4) is 73.5 Å². The summed E-state index contributed by atoms with van der Waals surface area (Å²) in [6.07, 6.45) is 7.34. The maximum atomic E-state index is 5.63. The molecule has 0 spiro atoms. The molecule has 12 heteroatoms. The molecule has 0 radical (unpaired) electrons. The highest BCUT2D eigenvalue weighted by Crippen LogP contribution is 2.58. The third-order valence-corrected chi connectivity index (χ3v) is 16.0. The summed E-state index contributed by atoms with van der Waals surface area (Å²) in [5.41, 5.74) is 19.7. The van der Waals surface area contributed by atoms with Crippen molar-refractivity contribution in [3.63, 3.8) is 0 Å². The second-order valence-electron chi connectivity index (χ2n) is 21.2. The fourth-order valence-electron chi connectivity index (χ4n) is 12.3. The zero-order valence-electron chi connectivity index (χ0n) is 46.6. The van der Waals surface area contributed by atoms with Gasteiger partial charge < -0.3 is 4.90 Å². The number of pyridine rings is 4. The minimum absolute atomic E-state index is 0.701. The maximum absolute atomic E-state index is 5.63. The number of para-hydroxylation sites is 5. The van der Waals surface area contributed by atoms with Gasteiger partial charge in [-0.3, -0.25) is 18.6 Å². The Hall–Kier alpha value is -11.9. The molecule has 0 saturated carbocycles. The van der Waals surface area contributed by atoms with Crippen molar-refractivity contribution in [2.75, 3.05) is 9.80 Å². The standard InChI is InChI=1S/C74H50N12/c1-48-24-20-40-75-68(48)82(52-25-8-3-9-26-52)49(2)59-44-50(69-79-61-37-21-41-76-72(61)84(69)54-29-12-5-13-30-54)46-64-66(59)57-35-18-19-36-58(57)67-60(71-81-63-39-23-43-78-74(63)86(71)56-33-16-7-17-34-56)45-51(47-65(67)83(64)53-27-10-4-11-28-53)70-80-62-38-22-42-77-73(62)85(70)55-31-14-6-15-32-55/h3-47H,2H2,1H3. The van der Waals surface area contributed by atoms with E-state index in [2.05, 4.69) is 212 Å². The van der Waals surface area contributed by atoms with Crippen LogP contribution in [0.4, 0.5) is 28.6 Å². The first-order valence-electron chi connectivity index (χ1n) is 28.5. The zero-order chi connectivity index (χ0) is 57.2. The first-order chi connectivity index (χ1) is 42.5. The Kier molecular flexibility index (Phi) is 11.9. The molecule has 0 N–H and O–H groups in total. The van der Waals surface area contributed by atoms with Crippen molar-refractivity contribution >= 4 is 67.8 Å². The van der Waals surface area contributed by atoms with Crippen LogP contribution in [0.3, 0.4) is 0 Å². The van der Waals surface area contributed by atoms with E-state index in [1.807, 2.05) is 91.5 Å². The summed E-state index contributed by atoms with van der Waals surface area (Å²) < 4.78 is 6.51. The van der Waals surface area contributed by atoms with Gasteiger partial charge in [0.15, 0.2) is 16.9 Å². The van der Waals surface area contributed by atoms with E-state index in [0.29, 0.717) is 23.2 Å². The third-order valence-electron chi connectivity index (χ3n) is 16.0. The quantitative estimate of drug-likeness (QED) is 0.125. The molecule has 1 aliphatic heterocycles. The minimum Gasteiger partial charge on any atom is -0.309 e. The first-order valence-corrected chi connectivity index (χ1v) is 28.5. The molecule has 406 valence electrons. The van der Waals surface area contributed by atoms with Crippen molar-refractivity contribution in [1.82, 2.24) is 48.6 Å². The van der Waals surface area contributed by atoms with Gasteiger partial charge in [-0.05, 0) is 151 Å². The number of aryl methyl sites for hydroxylation is 1. The van der Waals surface area contributed by atoms with Gasteiger partial charge in [-0.1, -0.05) is 128 Å². The first kappa shape index (κ1) is 49.9. The van der Waals surface area contributed by atoms with Crippen LogP contribution in [0.15, 0.2) is 280 Å². The highest BCUT2D eigenvalue weighted by atomic mass is 15.2. The Labute approximate surface area is 495 Å². The van der Waals surface area contributed by atoms with Crippen LogP contribution in [0, 0.1) is 6.92 Å². The fourth-order valence-corrected chi connectivity index (χ4v) is 12.3. The number of aromatic nitrogens is 10. The summed E-state index contributed by atoms with van der Waals surface area (Å²) in [5.74, 6) is 2.86. The molecule has 0 atom stereocenters. The number of imidazole rings is 3. The lowest BCUT2D eigenvalue weighted by Gasteiger charge is -2.32. The lowest BCUT2D eigenvalue weighted by atomic mass is 9.87. The van der Waals surface area contributed by atoms with Crippen molar-refractivity contribution in [3.05, 3.63) is 291 Å². The molecule has 8 aromatic carbocycles. The number of hydrogen-bond donors (Lipinski definition) is 0. The number of fused-ring (bicyclic) bond motifs is 8. The minimum atomic E-state index is 0.701. The van der Waals surface area contributed by atoms with Gasteiger partial charge >= 0.3 is 0 Å². The average molecular weight is 1110 g/mol. The molecule has 7 aromatic heterocycles. The Balaban J connectivity index is 1.09. The molecular weight excluding hydrogens is 1060 g/mol. The van der Waals surface area contributed by atoms with Crippen molar-refractivity contribution in [1.29, 1.82) is 0 Å². The van der Waals surface area contributed by atoms with E-state index in [4.69, 9.17) is 41.5 Å². The van der Waals surface area contributed by atoms with Crippen LogP contribution in [0.1, 0.15) is 11.1 Å². The third kappa shape index (κ3) is 8.18. The van der Waals surface area contributed by atoms with Crippen molar-refractivity contribution < 1.29 is 0 Å². The molecule has 86 heavy (non-hydrogen) atoms. The summed E-state index contributed by atoms with van der Waals surface area (Å²) >= 11 is 0. The lowest BCUT2D eigenvalue weighted by Crippen LogP contribution is -2.19. The molecule has 0 fully saturated rings. The molecule has 0 unspecified atom stereocenters. The van der Waals surface area contributed by atoms with Crippen LogP contribution in [-0.4, -0.2) is 48.6 Å². The summed E-state index contributed by atoms with van der Waals surface area (Å²) in [7, 11) is 0.